The van der Waals surface area contributed by atoms with Crippen molar-refractivity contribution < 1.29 is 29.6 Å². The first kappa shape index (κ1) is 24.3. The third-order valence-corrected chi connectivity index (χ3v) is 5.56. The molecule has 1 aromatic heterocycles. The minimum Gasteiger partial charge on any atom is -0.494 e. The topological polar surface area (TPSA) is 104 Å². The molecule has 0 saturated heterocycles. The van der Waals surface area contributed by atoms with Crippen LogP contribution in [0.3, 0.4) is 0 Å². The predicted molar refractivity (Wildman–Crippen MR) is 124 cm³/mol. The molecule has 1 atom stereocenters. The van der Waals surface area contributed by atoms with Gasteiger partial charge in [-0.2, -0.15) is 0 Å². The number of carboxylic acids is 1. The van der Waals surface area contributed by atoms with Crippen molar-refractivity contribution in [2.75, 3.05) is 20.3 Å². The summed E-state index contributed by atoms with van der Waals surface area (Å²) in [6, 6.07) is 14.2. The molecule has 0 aliphatic rings. The molecule has 3 rings (SSSR count). The largest absolute Gasteiger partial charge is 0.494 e. The van der Waals surface area contributed by atoms with E-state index in [-0.39, 0.29) is 24.9 Å². The summed E-state index contributed by atoms with van der Waals surface area (Å²) in [5.74, 6) is -0.0353. The molecule has 9 heteroatoms. The van der Waals surface area contributed by atoms with Gasteiger partial charge in [0.1, 0.15) is 12.6 Å². The van der Waals surface area contributed by atoms with Crippen molar-refractivity contribution in [3.63, 3.8) is 0 Å². The van der Waals surface area contributed by atoms with Crippen molar-refractivity contribution in [3.8, 4) is 23.3 Å². The van der Waals surface area contributed by atoms with Crippen LogP contribution >= 0.6 is 11.6 Å². The number of hydrogen-bond donors (Lipinski definition) is 3. The molecule has 0 bridgehead atoms. The monoisotopic (exact) mass is 474 g/mol. The normalized spacial score (nSPS) is 12.0. The van der Waals surface area contributed by atoms with Crippen LogP contribution in [-0.2, 0) is 17.9 Å². The molecule has 0 aliphatic heterocycles. The molecular formula is C24H27ClN2O6. The smallest absolute Gasteiger partial charge is 0.325 e. The van der Waals surface area contributed by atoms with Crippen LogP contribution in [0.5, 0.6) is 23.3 Å². The number of nitrogens with zero attached hydrogens (tertiary/aromatic N) is 2. The molecule has 0 spiro atoms. The second-order valence-electron chi connectivity index (χ2n) is 7.39. The van der Waals surface area contributed by atoms with Gasteiger partial charge in [-0.1, -0.05) is 36.7 Å². The molecule has 0 fully saturated rings. The summed E-state index contributed by atoms with van der Waals surface area (Å²) in [4.78, 5) is 13.9. The highest BCUT2D eigenvalue weighted by Crippen LogP contribution is 2.31. The summed E-state index contributed by atoms with van der Waals surface area (Å²) >= 11 is 5.96. The Labute approximate surface area is 197 Å². The fourth-order valence-electron chi connectivity index (χ4n) is 3.63. The van der Waals surface area contributed by atoms with E-state index in [0.717, 1.165) is 5.56 Å². The number of ether oxygens (including phenoxy) is 2. The first-order chi connectivity index (χ1) is 15.8. The van der Waals surface area contributed by atoms with Crippen LogP contribution in [0.25, 0.3) is 0 Å². The van der Waals surface area contributed by atoms with Gasteiger partial charge in [-0.25, -0.2) is 0 Å². The first-order valence-electron chi connectivity index (χ1n) is 10.4. The highest BCUT2D eigenvalue weighted by Gasteiger charge is 2.26. The van der Waals surface area contributed by atoms with E-state index < -0.39 is 12.0 Å². The fraction of sp³-hybridized carbons (Fsp3) is 0.292. The maximum atomic E-state index is 12.1. The highest BCUT2D eigenvalue weighted by molar-refractivity contribution is 6.30. The number of carboxylic acid groups (broad SMARTS) is 1. The van der Waals surface area contributed by atoms with Crippen molar-refractivity contribution in [3.05, 3.63) is 70.7 Å². The van der Waals surface area contributed by atoms with Crippen molar-refractivity contribution in [2.24, 2.45) is 0 Å². The minimum absolute atomic E-state index is 0.0493. The molecule has 0 aliphatic carbocycles. The summed E-state index contributed by atoms with van der Waals surface area (Å²) in [5.41, 5.74) is 1.51. The van der Waals surface area contributed by atoms with Gasteiger partial charge in [0.15, 0.2) is 23.3 Å². The standard InChI is InChI=1S/C24H27ClN2O6/c1-3-26(23(24(30)31)17-5-7-18(25)8-6-17)15-16-4-9-19(20(14-16)32-2)33-13-12-27-21(28)10-11-22(27)29/h4-11,14,23,28-29H,3,12-13,15H2,1-2H3,(H,30,31). The lowest BCUT2D eigenvalue weighted by molar-refractivity contribution is -0.143. The average Bonchev–Trinajstić information content (AvgIpc) is 3.12. The molecule has 3 N–H and O–H groups in total. The molecular weight excluding hydrogens is 448 g/mol. The Bertz CT molecular complexity index is 1060. The molecule has 3 aromatic rings. The number of benzene rings is 2. The molecule has 2 aromatic carbocycles. The number of methoxy groups -OCH3 is 1. The van der Waals surface area contributed by atoms with Gasteiger partial charge in [-0.3, -0.25) is 14.3 Å². The summed E-state index contributed by atoms with van der Waals surface area (Å²) in [5, 5.41) is 29.9. The van der Waals surface area contributed by atoms with E-state index in [1.54, 1.807) is 30.3 Å². The Morgan fingerprint density at radius 1 is 1.06 bits per heavy atom. The van der Waals surface area contributed by atoms with Crippen LogP contribution in [-0.4, -0.2) is 51.0 Å². The number of aliphatic carboxylic acids is 1. The molecule has 0 radical (unpaired) electrons. The van der Waals surface area contributed by atoms with E-state index in [4.69, 9.17) is 21.1 Å². The SMILES string of the molecule is CCN(Cc1ccc(OCCn2c(O)ccc2O)c(OC)c1)C(C(=O)O)c1ccc(Cl)cc1. The Morgan fingerprint density at radius 3 is 2.30 bits per heavy atom. The molecule has 0 amide bonds. The van der Waals surface area contributed by atoms with Crippen LogP contribution in [0.15, 0.2) is 54.6 Å². The lowest BCUT2D eigenvalue weighted by Crippen LogP contribution is -2.33. The molecule has 8 nitrogen and oxygen atoms in total. The lowest BCUT2D eigenvalue weighted by atomic mass is 10.0. The molecule has 1 unspecified atom stereocenters. The van der Waals surface area contributed by atoms with E-state index in [0.29, 0.717) is 35.2 Å². The van der Waals surface area contributed by atoms with Gasteiger partial charge in [0, 0.05) is 23.7 Å². The maximum absolute atomic E-state index is 12.1. The summed E-state index contributed by atoms with van der Waals surface area (Å²) in [7, 11) is 1.53. The lowest BCUT2D eigenvalue weighted by Gasteiger charge is -2.28. The van der Waals surface area contributed by atoms with Gasteiger partial charge < -0.3 is 24.8 Å². The van der Waals surface area contributed by atoms with Crippen molar-refractivity contribution >= 4 is 17.6 Å². The highest BCUT2D eigenvalue weighted by atomic mass is 35.5. The zero-order chi connectivity index (χ0) is 24.0. The summed E-state index contributed by atoms with van der Waals surface area (Å²) in [6.07, 6.45) is 0. The Hall–Kier alpha value is -3.36. The van der Waals surface area contributed by atoms with Gasteiger partial charge in [0.05, 0.1) is 13.7 Å². The number of halogens is 1. The number of carbonyl (C=O) groups is 1. The number of hydrogen-bond acceptors (Lipinski definition) is 6. The van der Waals surface area contributed by atoms with Crippen molar-refractivity contribution in [1.29, 1.82) is 0 Å². The second kappa shape index (κ2) is 11.0. The van der Waals surface area contributed by atoms with Gasteiger partial charge in [-0.05, 0) is 41.9 Å². The Balaban J connectivity index is 1.72. The van der Waals surface area contributed by atoms with Crippen molar-refractivity contribution in [1.82, 2.24) is 9.47 Å². The van der Waals surface area contributed by atoms with Gasteiger partial charge in [0.2, 0.25) is 0 Å². The Kier molecular flexibility index (Phi) is 8.08. The summed E-state index contributed by atoms with van der Waals surface area (Å²) < 4.78 is 12.6. The minimum atomic E-state index is -0.942. The van der Waals surface area contributed by atoms with E-state index in [9.17, 15) is 20.1 Å². The predicted octanol–water partition coefficient (Wildman–Crippen LogP) is 4.29. The zero-order valence-corrected chi connectivity index (χ0v) is 19.2. The average molecular weight is 475 g/mol. The van der Waals surface area contributed by atoms with Crippen LogP contribution in [0.1, 0.15) is 24.1 Å². The number of aromatic nitrogens is 1. The Morgan fingerprint density at radius 2 is 1.73 bits per heavy atom. The van der Waals surface area contributed by atoms with E-state index in [2.05, 4.69) is 0 Å². The third kappa shape index (κ3) is 5.91. The van der Waals surface area contributed by atoms with Crippen LogP contribution < -0.4 is 9.47 Å². The van der Waals surface area contributed by atoms with Gasteiger partial charge in [-0.15, -0.1) is 0 Å². The number of likely N-dealkylation sites (N-methyl/N-ethyl adjacent to an activating group) is 1. The molecule has 33 heavy (non-hydrogen) atoms. The maximum Gasteiger partial charge on any atom is 0.325 e. The zero-order valence-electron chi connectivity index (χ0n) is 18.4. The summed E-state index contributed by atoms with van der Waals surface area (Å²) in [6.45, 7) is 3.26. The van der Waals surface area contributed by atoms with Crippen LogP contribution in [0.4, 0.5) is 0 Å². The van der Waals surface area contributed by atoms with E-state index in [1.165, 1.54) is 23.8 Å². The van der Waals surface area contributed by atoms with Gasteiger partial charge >= 0.3 is 5.97 Å². The second-order valence-corrected chi connectivity index (χ2v) is 7.83. The van der Waals surface area contributed by atoms with Crippen LogP contribution in [0, 0.1) is 0 Å². The van der Waals surface area contributed by atoms with Crippen LogP contribution in [0.2, 0.25) is 5.02 Å². The molecule has 1 heterocycles. The van der Waals surface area contributed by atoms with Crippen molar-refractivity contribution in [2.45, 2.75) is 26.1 Å². The fourth-order valence-corrected chi connectivity index (χ4v) is 3.75. The quantitative estimate of drug-likeness (QED) is 0.381. The number of aromatic hydroxyl groups is 2. The molecule has 176 valence electrons. The number of rotatable bonds is 11. The molecule has 0 saturated carbocycles. The van der Waals surface area contributed by atoms with E-state index in [1.807, 2.05) is 24.0 Å². The third-order valence-electron chi connectivity index (χ3n) is 5.31. The van der Waals surface area contributed by atoms with Gasteiger partial charge in [0.25, 0.3) is 0 Å². The first-order valence-corrected chi connectivity index (χ1v) is 10.8. The van der Waals surface area contributed by atoms with E-state index >= 15 is 0 Å².